The molecule has 0 aliphatic carbocycles. The number of likely N-dealkylation sites (tertiary alicyclic amines) is 1. The molecular weight excluding hydrogens is 276 g/mol. The van der Waals surface area contributed by atoms with Crippen molar-refractivity contribution in [1.82, 2.24) is 19.9 Å². The summed E-state index contributed by atoms with van der Waals surface area (Å²) >= 11 is 0. The van der Waals surface area contributed by atoms with Crippen LogP contribution in [0.3, 0.4) is 0 Å². The lowest BCUT2D eigenvalue weighted by Crippen LogP contribution is -2.31. The van der Waals surface area contributed by atoms with Gasteiger partial charge in [-0.2, -0.15) is 0 Å². The van der Waals surface area contributed by atoms with Gasteiger partial charge in [-0.15, -0.1) is 0 Å². The van der Waals surface area contributed by atoms with Crippen LogP contribution in [0.15, 0.2) is 48.7 Å². The largest absolute Gasteiger partial charge is 0.340 e. The van der Waals surface area contributed by atoms with Gasteiger partial charge in [-0.05, 0) is 37.1 Å². The van der Waals surface area contributed by atoms with Gasteiger partial charge in [-0.1, -0.05) is 18.2 Å². The van der Waals surface area contributed by atoms with Gasteiger partial charge >= 0.3 is 0 Å². The lowest BCUT2D eigenvalue weighted by atomic mass is 10.2. The molecular formula is C17H16N4O. The van der Waals surface area contributed by atoms with Crippen molar-refractivity contribution < 1.29 is 4.79 Å². The van der Waals surface area contributed by atoms with E-state index in [-0.39, 0.29) is 11.9 Å². The molecule has 2 aromatic heterocycles. The summed E-state index contributed by atoms with van der Waals surface area (Å²) in [6.07, 6.45) is 3.57. The summed E-state index contributed by atoms with van der Waals surface area (Å²) in [6.45, 7) is 0.747. The molecule has 1 aliphatic rings. The zero-order valence-electron chi connectivity index (χ0n) is 12.1. The number of carbonyl (C=O) groups is 1. The first-order valence-electron chi connectivity index (χ1n) is 7.49. The Hall–Kier alpha value is -2.69. The van der Waals surface area contributed by atoms with Gasteiger partial charge in [-0.3, -0.25) is 9.78 Å². The Kier molecular flexibility index (Phi) is 3.11. The molecule has 1 aromatic carbocycles. The molecule has 1 N–H and O–H groups in total. The van der Waals surface area contributed by atoms with Crippen molar-refractivity contribution in [3.8, 4) is 0 Å². The van der Waals surface area contributed by atoms with E-state index in [4.69, 9.17) is 0 Å². The second-order valence-corrected chi connectivity index (χ2v) is 5.51. The smallest absolute Gasteiger partial charge is 0.273 e. The van der Waals surface area contributed by atoms with E-state index in [1.807, 2.05) is 41.3 Å². The van der Waals surface area contributed by atoms with E-state index in [0.29, 0.717) is 5.69 Å². The fourth-order valence-corrected chi connectivity index (χ4v) is 3.06. The highest BCUT2D eigenvalue weighted by Gasteiger charge is 2.33. The van der Waals surface area contributed by atoms with Gasteiger partial charge in [0.15, 0.2) is 0 Å². The van der Waals surface area contributed by atoms with E-state index in [0.717, 1.165) is 36.2 Å². The van der Waals surface area contributed by atoms with Crippen LogP contribution in [0.1, 0.15) is 35.2 Å². The first kappa shape index (κ1) is 13.0. The minimum absolute atomic E-state index is 0.00176. The average Bonchev–Trinajstić information content (AvgIpc) is 3.21. The fraction of sp³-hybridized carbons (Fsp3) is 0.235. The van der Waals surface area contributed by atoms with Gasteiger partial charge in [0, 0.05) is 12.7 Å². The minimum atomic E-state index is -0.0245. The summed E-state index contributed by atoms with van der Waals surface area (Å²) in [6, 6.07) is 13.4. The van der Waals surface area contributed by atoms with E-state index < -0.39 is 0 Å². The Bertz CT molecular complexity index is 779. The molecule has 5 nitrogen and oxygen atoms in total. The first-order valence-corrected chi connectivity index (χ1v) is 7.49. The summed E-state index contributed by atoms with van der Waals surface area (Å²) in [7, 11) is 0. The number of hydrogen-bond acceptors (Lipinski definition) is 3. The van der Waals surface area contributed by atoms with Crippen molar-refractivity contribution in [2.24, 2.45) is 0 Å². The molecule has 0 saturated carbocycles. The molecule has 1 fully saturated rings. The normalized spacial score (nSPS) is 18.0. The lowest BCUT2D eigenvalue weighted by molar-refractivity contribution is 0.0724. The molecule has 0 spiro atoms. The van der Waals surface area contributed by atoms with Crippen molar-refractivity contribution in [3.63, 3.8) is 0 Å². The number of para-hydroxylation sites is 2. The molecule has 0 unspecified atom stereocenters. The number of hydrogen-bond donors (Lipinski definition) is 1. The van der Waals surface area contributed by atoms with Gasteiger partial charge < -0.3 is 9.88 Å². The minimum Gasteiger partial charge on any atom is -0.340 e. The van der Waals surface area contributed by atoms with Crippen LogP contribution in [0.2, 0.25) is 0 Å². The van der Waals surface area contributed by atoms with Crippen LogP contribution in [0.25, 0.3) is 11.0 Å². The Labute approximate surface area is 128 Å². The molecule has 0 radical (unpaired) electrons. The van der Waals surface area contributed by atoms with Crippen LogP contribution in [-0.2, 0) is 0 Å². The maximum absolute atomic E-state index is 12.7. The van der Waals surface area contributed by atoms with Crippen molar-refractivity contribution in [2.45, 2.75) is 18.9 Å². The molecule has 0 bridgehead atoms. The molecule has 110 valence electrons. The summed E-state index contributed by atoms with van der Waals surface area (Å²) in [5.74, 6) is 0.839. The predicted octanol–water partition coefficient (Wildman–Crippen LogP) is 2.94. The Morgan fingerprint density at radius 1 is 1.18 bits per heavy atom. The second kappa shape index (κ2) is 5.26. The number of rotatable bonds is 2. The summed E-state index contributed by atoms with van der Waals surface area (Å²) < 4.78 is 0. The van der Waals surface area contributed by atoms with Crippen LogP contribution in [0.4, 0.5) is 0 Å². The van der Waals surface area contributed by atoms with E-state index in [2.05, 4.69) is 15.0 Å². The van der Waals surface area contributed by atoms with Gasteiger partial charge in [-0.25, -0.2) is 4.98 Å². The number of nitrogens with one attached hydrogen (secondary N) is 1. The quantitative estimate of drug-likeness (QED) is 0.790. The molecule has 1 aliphatic heterocycles. The molecule has 22 heavy (non-hydrogen) atoms. The van der Waals surface area contributed by atoms with Crippen molar-refractivity contribution in [3.05, 3.63) is 60.2 Å². The van der Waals surface area contributed by atoms with E-state index >= 15 is 0 Å². The van der Waals surface area contributed by atoms with Crippen LogP contribution in [-0.4, -0.2) is 32.3 Å². The lowest BCUT2D eigenvalue weighted by Gasteiger charge is -2.22. The monoisotopic (exact) mass is 292 g/mol. The molecule has 1 amide bonds. The number of carbonyl (C=O) groups excluding carboxylic acids is 1. The zero-order valence-corrected chi connectivity index (χ0v) is 12.1. The van der Waals surface area contributed by atoms with E-state index in [9.17, 15) is 4.79 Å². The number of benzene rings is 1. The maximum Gasteiger partial charge on any atom is 0.273 e. The fourth-order valence-electron chi connectivity index (χ4n) is 3.06. The van der Waals surface area contributed by atoms with Crippen LogP contribution in [0, 0.1) is 0 Å². The number of nitrogens with zero attached hydrogens (tertiary/aromatic N) is 3. The number of amides is 1. The number of imidazole rings is 1. The van der Waals surface area contributed by atoms with Crippen LogP contribution in [0.5, 0.6) is 0 Å². The third-order valence-corrected chi connectivity index (χ3v) is 4.12. The van der Waals surface area contributed by atoms with Crippen molar-refractivity contribution in [2.75, 3.05) is 6.54 Å². The molecule has 3 heterocycles. The summed E-state index contributed by atoms with van der Waals surface area (Å²) in [4.78, 5) is 26.7. The van der Waals surface area contributed by atoms with E-state index in [1.54, 1.807) is 12.3 Å². The van der Waals surface area contributed by atoms with Gasteiger partial charge in [0.1, 0.15) is 11.5 Å². The second-order valence-electron chi connectivity index (χ2n) is 5.51. The molecule has 1 saturated heterocycles. The Balaban J connectivity index is 1.67. The predicted molar refractivity (Wildman–Crippen MR) is 83.3 cm³/mol. The number of fused-ring (bicyclic) bond motifs is 1. The Morgan fingerprint density at radius 2 is 2.05 bits per heavy atom. The molecule has 4 rings (SSSR count). The van der Waals surface area contributed by atoms with Gasteiger partial charge in [0.2, 0.25) is 0 Å². The highest BCUT2D eigenvalue weighted by molar-refractivity contribution is 5.92. The average molecular weight is 292 g/mol. The molecule has 1 atom stereocenters. The van der Waals surface area contributed by atoms with Crippen molar-refractivity contribution >= 4 is 16.9 Å². The topological polar surface area (TPSA) is 61.9 Å². The highest BCUT2D eigenvalue weighted by atomic mass is 16.2. The number of H-pyrrole nitrogens is 1. The Morgan fingerprint density at radius 3 is 2.86 bits per heavy atom. The molecule has 5 heteroatoms. The van der Waals surface area contributed by atoms with Crippen LogP contribution < -0.4 is 0 Å². The van der Waals surface area contributed by atoms with Gasteiger partial charge in [0.05, 0.1) is 17.1 Å². The number of aromatic amines is 1. The van der Waals surface area contributed by atoms with Gasteiger partial charge in [0.25, 0.3) is 5.91 Å². The third-order valence-electron chi connectivity index (χ3n) is 4.12. The molecule has 3 aromatic rings. The number of aromatic nitrogens is 3. The zero-order chi connectivity index (χ0) is 14.9. The standard InChI is InChI=1S/C17H16N4O/c22-17(14-8-3-4-10-18-14)21-11-5-9-15(21)16-19-12-6-1-2-7-13(12)20-16/h1-4,6-8,10,15H,5,9,11H2,(H,19,20)/t15-/m1/s1. The SMILES string of the molecule is O=C(c1ccccn1)N1CCC[C@@H]1c1nc2ccccc2[nH]1. The maximum atomic E-state index is 12.7. The van der Waals surface area contributed by atoms with Crippen molar-refractivity contribution in [1.29, 1.82) is 0 Å². The summed E-state index contributed by atoms with van der Waals surface area (Å²) in [5, 5.41) is 0. The summed E-state index contributed by atoms with van der Waals surface area (Å²) in [5.41, 5.74) is 2.44. The number of pyridine rings is 1. The van der Waals surface area contributed by atoms with Crippen LogP contribution >= 0.6 is 0 Å². The third kappa shape index (κ3) is 2.15. The first-order chi connectivity index (χ1) is 10.8. The van der Waals surface area contributed by atoms with E-state index in [1.165, 1.54) is 0 Å². The highest BCUT2D eigenvalue weighted by Crippen LogP contribution is 2.32.